The number of hydrogen-bond acceptors (Lipinski definition) is 4. The van der Waals surface area contributed by atoms with E-state index in [2.05, 4.69) is 30.2 Å². The molecule has 0 N–H and O–H groups in total. The van der Waals surface area contributed by atoms with E-state index in [9.17, 15) is 4.79 Å². The fourth-order valence-corrected chi connectivity index (χ4v) is 8.50. The summed E-state index contributed by atoms with van der Waals surface area (Å²) in [6, 6.07) is 4.96. The zero-order chi connectivity index (χ0) is 20.4. The molecule has 7 atom stereocenters. The Kier molecular flexibility index (Phi) is 3.17. The summed E-state index contributed by atoms with van der Waals surface area (Å²) in [6.45, 7) is 2.95. The smallest absolute Gasteiger partial charge is 0.229 e. The number of anilines is 1. The van der Waals surface area contributed by atoms with Crippen LogP contribution >= 0.6 is 0 Å². The summed E-state index contributed by atoms with van der Waals surface area (Å²) in [7, 11) is 5.81. The number of piperidine rings is 2. The van der Waals surface area contributed by atoms with Gasteiger partial charge in [-0.1, -0.05) is 6.08 Å². The van der Waals surface area contributed by atoms with Gasteiger partial charge >= 0.3 is 0 Å². The topological polar surface area (TPSA) is 48.0 Å². The molecule has 1 aromatic rings. The predicted octanol–water partition coefficient (Wildman–Crippen LogP) is 2.25. The minimum Gasteiger partial charge on any atom is -0.493 e. The standard InChI is InChI=1S/C24H29N2O4/c1-26-6-5-24-15-9-17(28-2)18(29-3)10-16(15)25-21(27)11-19-22(23(24)25)14(8-20(24)26)13(12-26)4-7-30-19/h4,9-10,14,19-20,22-23H,5-8,11-12H2,1-3H3/q+1/t14-,19-,20-,22-,23-,24?,26?/m0/s1. The summed E-state index contributed by atoms with van der Waals surface area (Å²) >= 11 is 0. The van der Waals surface area contributed by atoms with E-state index in [1.807, 2.05) is 0 Å². The van der Waals surface area contributed by atoms with Crippen molar-refractivity contribution < 1.29 is 23.5 Å². The summed E-state index contributed by atoms with van der Waals surface area (Å²) in [5.74, 6) is 2.60. The maximum Gasteiger partial charge on any atom is 0.229 e. The van der Waals surface area contributed by atoms with E-state index in [-0.39, 0.29) is 23.5 Å². The molecule has 1 aliphatic carbocycles. The van der Waals surface area contributed by atoms with Gasteiger partial charge in [0, 0.05) is 24.8 Å². The Labute approximate surface area is 177 Å². The quantitative estimate of drug-likeness (QED) is 0.555. The van der Waals surface area contributed by atoms with Crippen LogP contribution in [-0.2, 0) is 14.9 Å². The molecule has 6 nitrogen and oxygen atoms in total. The molecular weight excluding hydrogens is 380 g/mol. The van der Waals surface area contributed by atoms with Crippen LogP contribution in [0, 0.1) is 11.8 Å². The zero-order valence-corrected chi connectivity index (χ0v) is 17.9. The SMILES string of the molecule is COc1cc2c(cc1OC)C13CC[N+]4(C)CC5=CCO[C@H]6CC(=O)N2[C@H]1[C@H]6[C@H]5C[C@@H]34. The summed E-state index contributed by atoms with van der Waals surface area (Å²) in [4.78, 5) is 15.7. The Hall–Kier alpha value is -2.05. The first-order valence-electron chi connectivity index (χ1n) is 11.2. The van der Waals surface area contributed by atoms with Crippen LogP contribution in [0.15, 0.2) is 23.8 Å². The molecule has 5 aliphatic heterocycles. The van der Waals surface area contributed by atoms with E-state index in [1.165, 1.54) is 18.5 Å². The number of carbonyl (C=O) groups excluding carboxylic acids is 1. The Bertz CT molecular complexity index is 1020. The molecule has 0 radical (unpaired) electrons. The van der Waals surface area contributed by atoms with Crippen LogP contribution in [-0.4, -0.2) is 69.5 Å². The third-order valence-electron chi connectivity index (χ3n) is 9.51. The Morgan fingerprint density at radius 1 is 1.23 bits per heavy atom. The van der Waals surface area contributed by atoms with Gasteiger partial charge in [-0.25, -0.2) is 0 Å². The minimum atomic E-state index is -0.0155. The average Bonchev–Trinajstić information content (AvgIpc) is 3.15. The number of methoxy groups -OCH3 is 2. The van der Waals surface area contributed by atoms with Gasteiger partial charge in [0.05, 0.1) is 64.1 Å². The van der Waals surface area contributed by atoms with E-state index in [0.717, 1.165) is 28.9 Å². The van der Waals surface area contributed by atoms with Crippen LogP contribution in [0.3, 0.4) is 0 Å². The molecule has 2 unspecified atom stereocenters. The van der Waals surface area contributed by atoms with Crippen molar-refractivity contribution in [1.82, 2.24) is 0 Å². The number of nitrogens with zero attached hydrogens (tertiary/aromatic N) is 2. The molecule has 30 heavy (non-hydrogen) atoms. The first-order chi connectivity index (χ1) is 14.5. The van der Waals surface area contributed by atoms with E-state index >= 15 is 0 Å². The molecule has 1 saturated carbocycles. The number of fused-ring (bicyclic) bond motifs is 2. The molecule has 3 saturated heterocycles. The van der Waals surface area contributed by atoms with Gasteiger partial charge in [0.15, 0.2) is 11.5 Å². The second-order valence-corrected chi connectivity index (χ2v) is 10.4. The van der Waals surface area contributed by atoms with Crippen molar-refractivity contribution >= 4 is 11.6 Å². The highest BCUT2D eigenvalue weighted by Gasteiger charge is 2.75. The fourth-order valence-electron chi connectivity index (χ4n) is 8.50. The van der Waals surface area contributed by atoms with Crippen LogP contribution in [0.2, 0.25) is 0 Å². The van der Waals surface area contributed by atoms with Gasteiger partial charge in [-0.2, -0.15) is 0 Å². The molecule has 0 aromatic heterocycles. The molecule has 7 rings (SSSR count). The van der Waals surface area contributed by atoms with E-state index in [1.54, 1.807) is 19.8 Å². The molecule has 158 valence electrons. The third kappa shape index (κ3) is 1.75. The maximum absolute atomic E-state index is 13.5. The molecule has 1 amide bonds. The second kappa shape index (κ2) is 5.40. The molecule has 1 spiro atoms. The van der Waals surface area contributed by atoms with E-state index < -0.39 is 0 Å². The predicted molar refractivity (Wildman–Crippen MR) is 111 cm³/mol. The summed E-state index contributed by atoms with van der Waals surface area (Å²) in [5, 5.41) is 0. The van der Waals surface area contributed by atoms with Crippen LogP contribution in [0.25, 0.3) is 0 Å². The number of carbonyl (C=O) groups is 1. The van der Waals surface area contributed by atoms with Gasteiger partial charge in [-0.05, 0) is 23.1 Å². The average molecular weight is 410 g/mol. The van der Waals surface area contributed by atoms with Gasteiger partial charge in [0.1, 0.15) is 12.6 Å². The van der Waals surface area contributed by atoms with Gasteiger partial charge < -0.3 is 23.6 Å². The van der Waals surface area contributed by atoms with Gasteiger partial charge in [0.25, 0.3) is 0 Å². The van der Waals surface area contributed by atoms with Gasteiger partial charge in [0.2, 0.25) is 5.91 Å². The number of hydrogen-bond donors (Lipinski definition) is 0. The number of benzene rings is 1. The van der Waals surface area contributed by atoms with E-state index in [4.69, 9.17) is 14.2 Å². The molecule has 6 heteroatoms. The molecule has 4 fully saturated rings. The summed E-state index contributed by atoms with van der Waals surface area (Å²) in [5.41, 5.74) is 3.92. The molecule has 1 aromatic carbocycles. The van der Waals surface area contributed by atoms with Crippen LogP contribution < -0.4 is 14.4 Å². The number of rotatable bonds is 2. The fraction of sp³-hybridized carbons (Fsp3) is 0.625. The lowest BCUT2D eigenvalue weighted by molar-refractivity contribution is -0.925. The zero-order valence-electron chi connectivity index (χ0n) is 17.9. The lowest BCUT2D eigenvalue weighted by Crippen LogP contribution is -2.72. The molecular formula is C24H29N2O4+. The normalized spacial score (nSPS) is 44.4. The second-order valence-electron chi connectivity index (χ2n) is 10.4. The van der Waals surface area contributed by atoms with Crippen molar-refractivity contribution in [1.29, 1.82) is 0 Å². The Morgan fingerprint density at radius 2 is 2.03 bits per heavy atom. The van der Waals surface area contributed by atoms with Crippen molar-refractivity contribution in [2.75, 3.05) is 45.9 Å². The minimum absolute atomic E-state index is 0.0155. The number of quaternary nitrogens is 1. The number of likely N-dealkylation sites (N-methyl/N-ethyl adjacent to an activating group) is 1. The van der Waals surface area contributed by atoms with Crippen molar-refractivity contribution in [3.8, 4) is 11.5 Å². The summed E-state index contributed by atoms with van der Waals surface area (Å²) in [6.07, 6.45) is 5.19. The van der Waals surface area contributed by atoms with Crippen LogP contribution in [0.5, 0.6) is 11.5 Å². The first kappa shape index (κ1) is 17.6. The highest BCUT2D eigenvalue weighted by atomic mass is 16.5. The van der Waals surface area contributed by atoms with Crippen molar-refractivity contribution in [3.05, 3.63) is 29.3 Å². The van der Waals surface area contributed by atoms with Crippen LogP contribution in [0.4, 0.5) is 5.69 Å². The Morgan fingerprint density at radius 3 is 2.83 bits per heavy atom. The highest BCUT2D eigenvalue weighted by Crippen LogP contribution is 2.68. The van der Waals surface area contributed by atoms with Gasteiger partial charge in [-0.3, -0.25) is 4.79 Å². The monoisotopic (exact) mass is 409 g/mol. The molecule has 5 heterocycles. The highest BCUT2D eigenvalue weighted by molar-refractivity contribution is 5.99. The lowest BCUT2D eigenvalue weighted by atomic mass is 9.53. The maximum atomic E-state index is 13.5. The van der Waals surface area contributed by atoms with Crippen LogP contribution in [0.1, 0.15) is 24.8 Å². The lowest BCUT2D eigenvalue weighted by Gasteiger charge is -2.59. The molecule has 6 aliphatic rings. The largest absolute Gasteiger partial charge is 0.493 e. The third-order valence-corrected chi connectivity index (χ3v) is 9.51. The van der Waals surface area contributed by atoms with Crippen molar-refractivity contribution in [2.45, 2.75) is 42.9 Å². The van der Waals surface area contributed by atoms with Crippen molar-refractivity contribution in [2.24, 2.45) is 11.8 Å². The van der Waals surface area contributed by atoms with Gasteiger partial charge in [-0.15, -0.1) is 0 Å². The summed E-state index contributed by atoms with van der Waals surface area (Å²) < 4.78 is 18.8. The number of amides is 1. The Balaban J connectivity index is 1.54. The van der Waals surface area contributed by atoms with Crippen molar-refractivity contribution in [3.63, 3.8) is 0 Å². The first-order valence-corrected chi connectivity index (χ1v) is 11.2. The van der Waals surface area contributed by atoms with E-state index in [0.29, 0.717) is 36.7 Å². The number of ether oxygens (including phenoxy) is 3. The molecule has 2 bridgehead atoms.